The van der Waals surface area contributed by atoms with Crippen LogP contribution in [0.2, 0.25) is 0 Å². The number of amides is 1. The summed E-state index contributed by atoms with van der Waals surface area (Å²) >= 11 is 1.49. The second-order valence-corrected chi connectivity index (χ2v) is 7.56. The summed E-state index contributed by atoms with van der Waals surface area (Å²) in [4.78, 5) is 19.2. The second kappa shape index (κ2) is 8.45. The number of ether oxygens (including phenoxy) is 1. The van der Waals surface area contributed by atoms with Gasteiger partial charge in [0.05, 0.1) is 19.2 Å². The average molecular weight is 359 g/mol. The van der Waals surface area contributed by atoms with Crippen molar-refractivity contribution in [2.24, 2.45) is 5.92 Å². The number of likely N-dealkylation sites (tertiary alicyclic amines) is 1. The van der Waals surface area contributed by atoms with Crippen molar-refractivity contribution in [3.63, 3.8) is 0 Å². The normalized spacial score (nSPS) is 18.1. The molecule has 5 nitrogen and oxygen atoms in total. The highest BCUT2D eigenvalue weighted by Gasteiger charge is 2.17. The highest BCUT2D eigenvalue weighted by Crippen LogP contribution is 2.21. The largest absolute Gasteiger partial charge is 0.497 e. The Balaban J connectivity index is 1.52. The number of rotatable bonds is 6. The Labute approximate surface area is 153 Å². The van der Waals surface area contributed by atoms with Gasteiger partial charge in [0.2, 0.25) is 5.91 Å². The van der Waals surface area contributed by atoms with Gasteiger partial charge in [-0.2, -0.15) is 0 Å². The van der Waals surface area contributed by atoms with E-state index in [0.717, 1.165) is 42.6 Å². The zero-order valence-corrected chi connectivity index (χ0v) is 15.6. The molecule has 1 aliphatic rings. The van der Waals surface area contributed by atoms with Gasteiger partial charge >= 0.3 is 0 Å². The molecule has 1 amide bonds. The summed E-state index contributed by atoms with van der Waals surface area (Å²) in [6, 6.07) is 7.57. The number of nitrogens with zero attached hydrogens (tertiary/aromatic N) is 2. The van der Waals surface area contributed by atoms with Crippen molar-refractivity contribution in [3.8, 4) is 5.75 Å². The molecule has 2 heterocycles. The van der Waals surface area contributed by atoms with Crippen molar-refractivity contribution in [1.82, 2.24) is 9.88 Å². The number of benzene rings is 1. The van der Waals surface area contributed by atoms with Gasteiger partial charge < -0.3 is 10.1 Å². The summed E-state index contributed by atoms with van der Waals surface area (Å²) in [6.45, 7) is 5.44. The molecule has 1 fully saturated rings. The molecule has 1 aromatic carbocycles. The Hall–Kier alpha value is -1.92. The average Bonchev–Trinajstić information content (AvgIpc) is 3.01. The van der Waals surface area contributed by atoms with Crippen LogP contribution in [0.15, 0.2) is 29.6 Å². The lowest BCUT2D eigenvalue weighted by Crippen LogP contribution is -2.33. The Morgan fingerprint density at radius 2 is 2.36 bits per heavy atom. The summed E-state index contributed by atoms with van der Waals surface area (Å²) < 4.78 is 5.19. The highest BCUT2D eigenvalue weighted by molar-refractivity contribution is 7.13. The maximum Gasteiger partial charge on any atom is 0.230 e. The van der Waals surface area contributed by atoms with E-state index in [1.807, 2.05) is 29.6 Å². The van der Waals surface area contributed by atoms with E-state index in [-0.39, 0.29) is 5.91 Å². The maximum atomic E-state index is 12.2. The van der Waals surface area contributed by atoms with E-state index in [9.17, 15) is 4.79 Å². The first-order valence-corrected chi connectivity index (χ1v) is 9.60. The van der Waals surface area contributed by atoms with Crippen molar-refractivity contribution >= 4 is 22.4 Å². The summed E-state index contributed by atoms with van der Waals surface area (Å²) in [7, 11) is 1.62. The number of piperidine rings is 1. The SMILES string of the molecule is COc1cccc(CC(=O)Nc2nc(CN3CCCC(C)C3)cs2)c1. The van der Waals surface area contributed by atoms with Crippen LogP contribution in [0.5, 0.6) is 5.75 Å². The molecule has 6 heteroatoms. The van der Waals surface area contributed by atoms with Crippen LogP contribution in [-0.4, -0.2) is 36.0 Å². The van der Waals surface area contributed by atoms with Crippen LogP contribution in [0.1, 0.15) is 31.0 Å². The molecule has 134 valence electrons. The molecule has 1 atom stereocenters. The van der Waals surface area contributed by atoms with Gasteiger partial charge in [-0.25, -0.2) is 4.98 Å². The first kappa shape index (κ1) is 17.9. The van der Waals surface area contributed by atoms with Gasteiger partial charge in [0, 0.05) is 18.5 Å². The number of carbonyl (C=O) groups excluding carboxylic acids is 1. The van der Waals surface area contributed by atoms with E-state index < -0.39 is 0 Å². The number of hydrogen-bond acceptors (Lipinski definition) is 5. The highest BCUT2D eigenvalue weighted by atomic mass is 32.1. The lowest BCUT2D eigenvalue weighted by molar-refractivity contribution is -0.115. The maximum absolute atomic E-state index is 12.2. The number of methoxy groups -OCH3 is 1. The zero-order valence-electron chi connectivity index (χ0n) is 14.8. The van der Waals surface area contributed by atoms with Crippen molar-refractivity contribution in [1.29, 1.82) is 0 Å². The van der Waals surface area contributed by atoms with Crippen LogP contribution in [0.3, 0.4) is 0 Å². The standard InChI is InChI=1S/C19H25N3O2S/c1-14-5-4-8-22(11-14)12-16-13-25-19(20-16)21-18(23)10-15-6-3-7-17(9-15)24-2/h3,6-7,9,13-14H,4-5,8,10-12H2,1-2H3,(H,20,21,23). The molecule has 0 aliphatic carbocycles. The third-order valence-electron chi connectivity index (χ3n) is 4.42. The van der Waals surface area contributed by atoms with Crippen LogP contribution in [0, 0.1) is 5.92 Å². The number of nitrogens with one attached hydrogen (secondary N) is 1. The van der Waals surface area contributed by atoms with Crippen molar-refractivity contribution in [2.45, 2.75) is 32.7 Å². The van der Waals surface area contributed by atoms with Crippen molar-refractivity contribution in [3.05, 3.63) is 40.9 Å². The first-order chi connectivity index (χ1) is 12.1. The first-order valence-electron chi connectivity index (χ1n) is 8.72. The number of thiazole rings is 1. The molecule has 25 heavy (non-hydrogen) atoms. The Morgan fingerprint density at radius 1 is 1.48 bits per heavy atom. The molecular formula is C19H25N3O2S. The lowest BCUT2D eigenvalue weighted by atomic mass is 10.0. The van der Waals surface area contributed by atoms with E-state index in [0.29, 0.717) is 11.6 Å². The molecule has 1 saturated heterocycles. The van der Waals surface area contributed by atoms with Gasteiger partial charge in [-0.05, 0) is 43.0 Å². The van der Waals surface area contributed by atoms with E-state index in [1.54, 1.807) is 7.11 Å². The third-order valence-corrected chi connectivity index (χ3v) is 5.23. The predicted molar refractivity (Wildman–Crippen MR) is 101 cm³/mol. The number of carbonyl (C=O) groups is 1. The second-order valence-electron chi connectivity index (χ2n) is 6.70. The molecule has 3 rings (SSSR count). The fraction of sp³-hybridized carbons (Fsp3) is 0.474. The number of hydrogen-bond donors (Lipinski definition) is 1. The quantitative estimate of drug-likeness (QED) is 0.857. The van der Waals surface area contributed by atoms with Crippen molar-refractivity contribution < 1.29 is 9.53 Å². The molecule has 0 bridgehead atoms. The van der Waals surface area contributed by atoms with Crippen LogP contribution in [-0.2, 0) is 17.8 Å². The van der Waals surface area contributed by atoms with Gasteiger partial charge in [-0.1, -0.05) is 19.1 Å². The minimum absolute atomic E-state index is 0.0549. The zero-order chi connectivity index (χ0) is 17.6. The van der Waals surface area contributed by atoms with Crippen LogP contribution >= 0.6 is 11.3 Å². The molecular weight excluding hydrogens is 334 g/mol. The minimum atomic E-state index is -0.0549. The summed E-state index contributed by atoms with van der Waals surface area (Å²) in [6.07, 6.45) is 2.89. The molecule has 1 aliphatic heterocycles. The number of aromatic nitrogens is 1. The lowest BCUT2D eigenvalue weighted by Gasteiger charge is -2.30. The molecule has 0 radical (unpaired) electrons. The summed E-state index contributed by atoms with van der Waals surface area (Å²) in [5.74, 6) is 1.47. The summed E-state index contributed by atoms with van der Waals surface area (Å²) in [5.41, 5.74) is 1.96. The van der Waals surface area contributed by atoms with E-state index >= 15 is 0 Å². The molecule has 1 aromatic heterocycles. The van der Waals surface area contributed by atoms with Gasteiger partial charge in [-0.3, -0.25) is 9.69 Å². The van der Waals surface area contributed by atoms with Crippen molar-refractivity contribution in [2.75, 3.05) is 25.5 Å². The Kier molecular flexibility index (Phi) is 6.04. The molecule has 1 unspecified atom stereocenters. The molecule has 2 aromatic rings. The molecule has 0 saturated carbocycles. The van der Waals surface area contributed by atoms with Gasteiger partial charge in [0.15, 0.2) is 5.13 Å². The molecule has 1 N–H and O–H groups in total. The van der Waals surface area contributed by atoms with E-state index in [4.69, 9.17) is 4.74 Å². The van der Waals surface area contributed by atoms with Gasteiger partial charge in [-0.15, -0.1) is 11.3 Å². The summed E-state index contributed by atoms with van der Waals surface area (Å²) in [5, 5.41) is 5.62. The number of anilines is 1. The van der Waals surface area contributed by atoms with Gasteiger partial charge in [0.1, 0.15) is 5.75 Å². The minimum Gasteiger partial charge on any atom is -0.497 e. The topological polar surface area (TPSA) is 54.5 Å². The van der Waals surface area contributed by atoms with E-state index in [1.165, 1.54) is 24.2 Å². The molecule has 0 spiro atoms. The third kappa shape index (κ3) is 5.28. The Morgan fingerprint density at radius 3 is 3.16 bits per heavy atom. The fourth-order valence-corrected chi connectivity index (χ4v) is 3.95. The monoisotopic (exact) mass is 359 g/mol. The Bertz CT molecular complexity index is 716. The van der Waals surface area contributed by atoms with Crippen LogP contribution in [0.25, 0.3) is 0 Å². The van der Waals surface area contributed by atoms with Crippen LogP contribution in [0.4, 0.5) is 5.13 Å². The predicted octanol–water partition coefficient (Wildman–Crippen LogP) is 3.56. The fourth-order valence-electron chi connectivity index (χ4n) is 3.23. The van der Waals surface area contributed by atoms with E-state index in [2.05, 4.69) is 22.1 Å². The smallest absolute Gasteiger partial charge is 0.230 e. The van der Waals surface area contributed by atoms with Gasteiger partial charge in [0.25, 0.3) is 0 Å². The van der Waals surface area contributed by atoms with Crippen LogP contribution < -0.4 is 10.1 Å².